The van der Waals surface area contributed by atoms with Gasteiger partial charge in [0.15, 0.2) is 0 Å². The van der Waals surface area contributed by atoms with Crippen LogP contribution in [0.4, 0.5) is 11.4 Å². The number of carbonyl (C=O) groups is 2. The van der Waals surface area contributed by atoms with Gasteiger partial charge in [0.1, 0.15) is 0 Å². The molecule has 2 amide bonds. The maximum absolute atomic E-state index is 12.6. The van der Waals surface area contributed by atoms with E-state index in [0.29, 0.717) is 5.69 Å². The van der Waals surface area contributed by atoms with E-state index in [1.54, 1.807) is 6.07 Å². The van der Waals surface area contributed by atoms with E-state index in [1.807, 2.05) is 26.0 Å². The van der Waals surface area contributed by atoms with Crippen molar-refractivity contribution < 1.29 is 9.59 Å². The summed E-state index contributed by atoms with van der Waals surface area (Å²) < 4.78 is 0. The smallest absolute Gasteiger partial charge is 0.244 e. The molecule has 21 heavy (non-hydrogen) atoms. The Balaban J connectivity index is 2.18. The molecule has 0 bridgehead atoms. The molecule has 1 atom stereocenters. The summed E-state index contributed by atoms with van der Waals surface area (Å²) in [6, 6.07) is 5.52. The molecule has 0 saturated carbocycles. The average Bonchev–Trinajstić information content (AvgIpc) is 2.92. The molecule has 1 saturated heterocycles. The Hall–Kier alpha value is -1.88. The van der Waals surface area contributed by atoms with Crippen LogP contribution in [0, 0.1) is 6.92 Å². The summed E-state index contributed by atoms with van der Waals surface area (Å²) in [7, 11) is 0. The number of aryl methyl sites for hydroxylation is 1. The number of hydrogen-bond donors (Lipinski definition) is 3. The van der Waals surface area contributed by atoms with E-state index in [-0.39, 0.29) is 11.8 Å². The maximum atomic E-state index is 12.6. The van der Waals surface area contributed by atoms with Crippen molar-refractivity contribution in [3.63, 3.8) is 0 Å². The maximum Gasteiger partial charge on any atom is 0.244 e. The molecule has 1 aliphatic heterocycles. The highest BCUT2D eigenvalue weighted by molar-refractivity contribution is 5.99. The van der Waals surface area contributed by atoms with E-state index in [1.165, 1.54) is 6.92 Å². The lowest BCUT2D eigenvalue weighted by Crippen LogP contribution is -2.50. The van der Waals surface area contributed by atoms with Crippen molar-refractivity contribution in [1.29, 1.82) is 0 Å². The molecular formula is C16H23N3O2. The van der Waals surface area contributed by atoms with Crippen molar-refractivity contribution in [1.82, 2.24) is 5.32 Å². The Morgan fingerprint density at radius 2 is 2.10 bits per heavy atom. The second-order valence-corrected chi connectivity index (χ2v) is 5.63. The van der Waals surface area contributed by atoms with Gasteiger partial charge in [-0.1, -0.05) is 13.0 Å². The summed E-state index contributed by atoms with van der Waals surface area (Å²) in [6.07, 6.45) is 2.65. The van der Waals surface area contributed by atoms with Crippen molar-refractivity contribution in [2.45, 2.75) is 45.6 Å². The second kappa shape index (κ2) is 6.26. The fraction of sp³-hybridized carbons (Fsp3) is 0.500. The zero-order valence-electron chi connectivity index (χ0n) is 12.9. The van der Waals surface area contributed by atoms with Crippen molar-refractivity contribution in [3.8, 4) is 0 Å². The zero-order valence-corrected chi connectivity index (χ0v) is 12.9. The van der Waals surface area contributed by atoms with Crippen molar-refractivity contribution in [3.05, 3.63) is 23.8 Å². The van der Waals surface area contributed by atoms with Crippen molar-refractivity contribution in [2.24, 2.45) is 0 Å². The third-order valence-corrected chi connectivity index (χ3v) is 4.09. The van der Waals surface area contributed by atoms with Gasteiger partial charge in [0.2, 0.25) is 11.8 Å². The molecule has 1 aliphatic rings. The summed E-state index contributed by atoms with van der Waals surface area (Å²) >= 11 is 0. The van der Waals surface area contributed by atoms with E-state index in [0.717, 1.165) is 37.1 Å². The molecule has 3 N–H and O–H groups in total. The molecular weight excluding hydrogens is 266 g/mol. The number of carbonyl (C=O) groups excluding carboxylic acids is 2. The van der Waals surface area contributed by atoms with Crippen LogP contribution in [-0.2, 0) is 9.59 Å². The molecule has 0 aromatic heterocycles. The number of amides is 2. The van der Waals surface area contributed by atoms with Crippen LogP contribution in [0.3, 0.4) is 0 Å². The Bertz CT molecular complexity index is 548. The first-order valence-corrected chi connectivity index (χ1v) is 7.41. The van der Waals surface area contributed by atoms with Gasteiger partial charge in [-0.2, -0.15) is 0 Å². The molecule has 2 rings (SSSR count). The van der Waals surface area contributed by atoms with Crippen LogP contribution in [0.1, 0.15) is 38.7 Å². The van der Waals surface area contributed by atoms with Crippen LogP contribution >= 0.6 is 0 Å². The molecule has 1 aromatic rings. The van der Waals surface area contributed by atoms with E-state index >= 15 is 0 Å². The van der Waals surface area contributed by atoms with Gasteiger partial charge in [0.25, 0.3) is 0 Å². The number of hydrogen-bond acceptors (Lipinski definition) is 3. The highest BCUT2D eigenvalue weighted by Gasteiger charge is 2.39. The molecule has 0 radical (unpaired) electrons. The highest BCUT2D eigenvalue weighted by Crippen LogP contribution is 2.27. The van der Waals surface area contributed by atoms with Gasteiger partial charge in [0, 0.05) is 18.3 Å². The van der Waals surface area contributed by atoms with Crippen LogP contribution in [0.5, 0.6) is 0 Å². The molecule has 1 aromatic carbocycles. The number of benzene rings is 1. The number of nitrogens with one attached hydrogen (secondary N) is 3. The third kappa shape index (κ3) is 3.42. The highest BCUT2D eigenvalue weighted by atomic mass is 16.2. The van der Waals surface area contributed by atoms with Crippen molar-refractivity contribution >= 4 is 23.2 Å². The predicted molar refractivity (Wildman–Crippen MR) is 84.4 cm³/mol. The summed E-state index contributed by atoms with van der Waals surface area (Å²) in [5.41, 5.74) is 1.94. The minimum Gasteiger partial charge on any atom is -0.326 e. The molecule has 5 heteroatoms. The van der Waals surface area contributed by atoms with Crippen molar-refractivity contribution in [2.75, 3.05) is 17.2 Å². The first-order valence-electron chi connectivity index (χ1n) is 7.41. The minimum atomic E-state index is -0.462. The standard InChI is InChI=1S/C16H23N3O2/c1-4-16(8-5-9-17-16)15(21)19-14-10-13(18-12(3)20)7-6-11(14)2/h6-7,10,17H,4-5,8-9H2,1-3H3,(H,18,20)(H,19,21). The monoisotopic (exact) mass is 289 g/mol. The van der Waals surface area contributed by atoms with E-state index < -0.39 is 5.54 Å². The Morgan fingerprint density at radius 3 is 2.67 bits per heavy atom. The first-order chi connectivity index (χ1) is 9.97. The number of anilines is 2. The predicted octanol–water partition coefficient (Wildman–Crippen LogP) is 2.42. The van der Waals surface area contributed by atoms with Gasteiger partial charge >= 0.3 is 0 Å². The summed E-state index contributed by atoms with van der Waals surface area (Å²) in [5.74, 6) is -0.121. The van der Waals surface area contributed by atoms with Gasteiger partial charge in [-0.25, -0.2) is 0 Å². The largest absolute Gasteiger partial charge is 0.326 e. The molecule has 0 spiro atoms. The van der Waals surface area contributed by atoms with Crippen LogP contribution in [0.25, 0.3) is 0 Å². The molecule has 1 unspecified atom stereocenters. The molecule has 114 valence electrons. The van der Waals surface area contributed by atoms with Gasteiger partial charge < -0.3 is 16.0 Å². The minimum absolute atomic E-state index is 0.00516. The molecule has 1 fully saturated rings. The molecule has 1 heterocycles. The quantitative estimate of drug-likeness (QED) is 0.797. The average molecular weight is 289 g/mol. The lowest BCUT2D eigenvalue weighted by Gasteiger charge is -2.27. The lowest BCUT2D eigenvalue weighted by molar-refractivity contribution is -0.122. The van der Waals surface area contributed by atoms with Crippen LogP contribution in [-0.4, -0.2) is 23.9 Å². The second-order valence-electron chi connectivity index (χ2n) is 5.63. The zero-order chi connectivity index (χ0) is 15.5. The fourth-order valence-electron chi connectivity index (χ4n) is 2.74. The van der Waals surface area contributed by atoms with Gasteiger partial charge in [-0.05, 0) is 50.4 Å². The van der Waals surface area contributed by atoms with Crippen LogP contribution in [0.2, 0.25) is 0 Å². The summed E-state index contributed by atoms with van der Waals surface area (Å²) in [4.78, 5) is 23.7. The van der Waals surface area contributed by atoms with Gasteiger partial charge in [0.05, 0.1) is 5.54 Å². The van der Waals surface area contributed by atoms with Gasteiger partial charge in [-0.15, -0.1) is 0 Å². The number of rotatable bonds is 4. The summed E-state index contributed by atoms with van der Waals surface area (Å²) in [5, 5.41) is 9.06. The first kappa shape index (κ1) is 15.5. The Kier molecular flexibility index (Phi) is 4.63. The van der Waals surface area contributed by atoms with E-state index in [2.05, 4.69) is 16.0 Å². The molecule has 0 aliphatic carbocycles. The third-order valence-electron chi connectivity index (χ3n) is 4.09. The Morgan fingerprint density at radius 1 is 1.33 bits per heavy atom. The lowest BCUT2D eigenvalue weighted by atomic mass is 9.93. The normalized spacial score (nSPS) is 21.1. The topological polar surface area (TPSA) is 70.2 Å². The fourth-order valence-corrected chi connectivity index (χ4v) is 2.74. The van der Waals surface area contributed by atoms with E-state index in [4.69, 9.17) is 0 Å². The molecule has 5 nitrogen and oxygen atoms in total. The van der Waals surface area contributed by atoms with E-state index in [9.17, 15) is 9.59 Å². The Labute approximate surface area is 125 Å². The summed E-state index contributed by atoms with van der Waals surface area (Å²) in [6.45, 7) is 6.31. The van der Waals surface area contributed by atoms with Crippen LogP contribution < -0.4 is 16.0 Å². The SMILES string of the molecule is CCC1(C(=O)Nc2cc(NC(C)=O)ccc2C)CCCN1. The van der Waals surface area contributed by atoms with Gasteiger partial charge in [-0.3, -0.25) is 9.59 Å². The van der Waals surface area contributed by atoms with Crippen LogP contribution in [0.15, 0.2) is 18.2 Å².